The number of hydrogen-bond acceptors (Lipinski definition) is 4. The van der Waals surface area contributed by atoms with Crippen molar-refractivity contribution in [3.63, 3.8) is 0 Å². The van der Waals surface area contributed by atoms with Gasteiger partial charge in [0.25, 0.3) is 0 Å². The zero-order valence-electron chi connectivity index (χ0n) is 13.6. The first-order valence-electron chi connectivity index (χ1n) is 7.14. The van der Waals surface area contributed by atoms with Crippen LogP contribution in [0, 0.1) is 0 Å². The third kappa shape index (κ3) is 5.37. The van der Waals surface area contributed by atoms with E-state index in [1.165, 1.54) is 6.92 Å². The van der Waals surface area contributed by atoms with Crippen LogP contribution in [-0.4, -0.2) is 50.1 Å². The summed E-state index contributed by atoms with van der Waals surface area (Å²) in [5, 5.41) is 2.53. The summed E-state index contributed by atoms with van der Waals surface area (Å²) >= 11 is 0. The van der Waals surface area contributed by atoms with Gasteiger partial charge in [-0.2, -0.15) is 0 Å². The molecule has 1 aromatic carbocycles. The molecule has 0 aliphatic rings. The van der Waals surface area contributed by atoms with E-state index in [2.05, 4.69) is 5.32 Å². The topological polar surface area (TPSA) is 67.9 Å². The molecule has 2 amide bonds. The molecule has 0 aliphatic heterocycles. The van der Waals surface area contributed by atoms with E-state index < -0.39 is 0 Å². The first-order valence-corrected chi connectivity index (χ1v) is 7.14. The van der Waals surface area contributed by atoms with Crippen molar-refractivity contribution in [3.8, 4) is 5.75 Å². The van der Waals surface area contributed by atoms with E-state index in [-0.39, 0.29) is 24.4 Å². The Bertz CT molecular complexity index is 505. The van der Waals surface area contributed by atoms with Crippen molar-refractivity contribution in [3.05, 3.63) is 29.8 Å². The number of ether oxygens (including phenoxy) is 2. The van der Waals surface area contributed by atoms with E-state index in [1.54, 1.807) is 19.1 Å². The number of rotatable bonds is 8. The van der Waals surface area contributed by atoms with E-state index in [9.17, 15) is 9.59 Å². The van der Waals surface area contributed by atoms with Crippen molar-refractivity contribution < 1.29 is 19.1 Å². The van der Waals surface area contributed by atoms with Gasteiger partial charge in [-0.25, -0.2) is 0 Å². The van der Waals surface area contributed by atoms with Crippen LogP contribution in [0.25, 0.3) is 0 Å². The Balaban J connectivity index is 2.89. The highest BCUT2D eigenvalue weighted by Gasteiger charge is 2.21. The predicted octanol–water partition coefficient (Wildman–Crippen LogP) is 1.19. The van der Waals surface area contributed by atoms with Gasteiger partial charge in [0.05, 0.1) is 26.3 Å². The third-order valence-electron chi connectivity index (χ3n) is 3.28. The number of nitrogens with zero attached hydrogens (tertiary/aromatic N) is 1. The summed E-state index contributed by atoms with van der Waals surface area (Å²) in [5.74, 6) is 0.333. The van der Waals surface area contributed by atoms with Crippen LogP contribution in [0.3, 0.4) is 0 Å². The second kappa shape index (κ2) is 9.04. The molecule has 22 heavy (non-hydrogen) atoms. The molecule has 1 aromatic rings. The monoisotopic (exact) mass is 308 g/mol. The molecule has 0 radical (unpaired) electrons. The first kappa shape index (κ1) is 18.0. The average molecular weight is 308 g/mol. The van der Waals surface area contributed by atoms with Gasteiger partial charge in [-0.1, -0.05) is 18.2 Å². The summed E-state index contributed by atoms with van der Waals surface area (Å²) < 4.78 is 10.5. The fourth-order valence-corrected chi connectivity index (χ4v) is 2.14. The van der Waals surface area contributed by atoms with E-state index in [0.717, 1.165) is 11.3 Å². The highest BCUT2D eigenvalue weighted by atomic mass is 16.5. The molecule has 1 atom stereocenters. The lowest BCUT2D eigenvalue weighted by Gasteiger charge is -2.29. The fourth-order valence-electron chi connectivity index (χ4n) is 2.14. The molecule has 0 aliphatic carbocycles. The maximum atomic E-state index is 12.4. The highest BCUT2D eigenvalue weighted by molar-refractivity contribution is 5.83. The molecule has 0 saturated heterocycles. The Hall–Kier alpha value is -2.08. The quantitative estimate of drug-likeness (QED) is 0.783. The molecule has 0 bridgehead atoms. The van der Waals surface area contributed by atoms with Crippen LogP contribution in [-0.2, 0) is 20.9 Å². The molecule has 6 heteroatoms. The van der Waals surface area contributed by atoms with Crippen LogP contribution >= 0.6 is 0 Å². The van der Waals surface area contributed by atoms with Crippen LogP contribution in [0.2, 0.25) is 0 Å². The van der Waals surface area contributed by atoms with Crippen molar-refractivity contribution >= 4 is 11.8 Å². The van der Waals surface area contributed by atoms with Crippen LogP contribution in [0.1, 0.15) is 19.4 Å². The molecular weight excluding hydrogens is 284 g/mol. The number of carbonyl (C=O) groups is 2. The summed E-state index contributed by atoms with van der Waals surface area (Å²) in [5.41, 5.74) is 0.907. The van der Waals surface area contributed by atoms with Gasteiger partial charge in [0.2, 0.25) is 11.8 Å². The number of carbonyl (C=O) groups excluding carboxylic acids is 2. The molecule has 0 heterocycles. The van der Waals surface area contributed by atoms with E-state index in [4.69, 9.17) is 9.47 Å². The van der Waals surface area contributed by atoms with E-state index in [1.807, 2.05) is 31.2 Å². The number of amides is 2. The number of methoxy groups -OCH3 is 2. The molecule has 0 aromatic heterocycles. The lowest BCUT2D eigenvalue weighted by Crippen LogP contribution is -2.45. The molecule has 6 nitrogen and oxygen atoms in total. The van der Waals surface area contributed by atoms with Crippen LogP contribution in [0.4, 0.5) is 0 Å². The highest BCUT2D eigenvalue weighted by Crippen LogP contribution is 2.20. The van der Waals surface area contributed by atoms with Gasteiger partial charge in [-0.05, 0) is 13.0 Å². The second-order valence-electron chi connectivity index (χ2n) is 5.05. The summed E-state index contributed by atoms with van der Waals surface area (Å²) in [6, 6.07) is 7.43. The summed E-state index contributed by atoms with van der Waals surface area (Å²) in [6.45, 7) is 4.08. The van der Waals surface area contributed by atoms with Gasteiger partial charge in [0.15, 0.2) is 0 Å². The molecule has 122 valence electrons. The lowest BCUT2D eigenvalue weighted by molar-refractivity contribution is -0.135. The number of benzene rings is 1. The third-order valence-corrected chi connectivity index (χ3v) is 3.28. The van der Waals surface area contributed by atoms with Crippen LogP contribution in [0.5, 0.6) is 5.75 Å². The lowest BCUT2D eigenvalue weighted by atomic mass is 10.1. The van der Waals surface area contributed by atoms with Crippen molar-refractivity contribution in [2.24, 2.45) is 0 Å². The average Bonchev–Trinajstić information content (AvgIpc) is 2.50. The number of para-hydroxylation sites is 1. The molecule has 0 spiro atoms. The molecule has 1 N–H and O–H groups in total. The maximum absolute atomic E-state index is 12.4. The van der Waals surface area contributed by atoms with Gasteiger partial charge >= 0.3 is 0 Å². The second-order valence-corrected chi connectivity index (χ2v) is 5.05. The van der Waals surface area contributed by atoms with Crippen molar-refractivity contribution in [1.29, 1.82) is 0 Å². The van der Waals surface area contributed by atoms with Crippen LogP contribution in [0.15, 0.2) is 24.3 Å². The van der Waals surface area contributed by atoms with Crippen molar-refractivity contribution in [2.75, 3.05) is 27.4 Å². The van der Waals surface area contributed by atoms with Crippen LogP contribution < -0.4 is 10.1 Å². The number of hydrogen-bond donors (Lipinski definition) is 1. The van der Waals surface area contributed by atoms with E-state index >= 15 is 0 Å². The standard InChI is InChI=1S/C16H24N2O4/c1-12(11-21-3)18(16(20)9-17-13(2)19)10-14-7-5-6-8-15(14)22-4/h5-8,12H,9-11H2,1-4H3,(H,17,19)/t12-/m0/s1. The Morgan fingerprint density at radius 2 is 1.95 bits per heavy atom. The smallest absolute Gasteiger partial charge is 0.242 e. The predicted molar refractivity (Wildman–Crippen MR) is 83.6 cm³/mol. The zero-order valence-corrected chi connectivity index (χ0v) is 13.6. The minimum Gasteiger partial charge on any atom is -0.496 e. The van der Waals surface area contributed by atoms with Gasteiger partial charge < -0.3 is 19.7 Å². The molecule has 1 rings (SSSR count). The van der Waals surface area contributed by atoms with Gasteiger partial charge in [-0.3, -0.25) is 9.59 Å². The molecule has 0 fully saturated rings. The maximum Gasteiger partial charge on any atom is 0.242 e. The zero-order chi connectivity index (χ0) is 16.5. The molecule has 0 saturated carbocycles. The SMILES string of the molecule is COC[C@H](C)N(Cc1ccccc1OC)C(=O)CNC(C)=O. The van der Waals surface area contributed by atoms with Crippen molar-refractivity contribution in [2.45, 2.75) is 26.4 Å². The van der Waals surface area contributed by atoms with Gasteiger partial charge in [0, 0.05) is 26.1 Å². The van der Waals surface area contributed by atoms with Gasteiger partial charge in [-0.15, -0.1) is 0 Å². The normalized spacial score (nSPS) is 11.6. The van der Waals surface area contributed by atoms with Gasteiger partial charge in [0.1, 0.15) is 5.75 Å². The molecular formula is C16H24N2O4. The summed E-state index contributed by atoms with van der Waals surface area (Å²) in [7, 11) is 3.19. The Morgan fingerprint density at radius 1 is 1.27 bits per heavy atom. The van der Waals surface area contributed by atoms with E-state index in [0.29, 0.717) is 13.2 Å². The Kier molecular flexibility index (Phi) is 7.39. The van der Waals surface area contributed by atoms with Crippen molar-refractivity contribution in [1.82, 2.24) is 10.2 Å². The minimum absolute atomic E-state index is 0.0292. The summed E-state index contributed by atoms with van der Waals surface area (Å²) in [6.07, 6.45) is 0. The first-order chi connectivity index (χ1) is 10.5. The minimum atomic E-state index is -0.231. The Labute approximate surface area is 131 Å². The largest absolute Gasteiger partial charge is 0.496 e. The Morgan fingerprint density at radius 3 is 2.55 bits per heavy atom. The summed E-state index contributed by atoms with van der Waals surface area (Å²) in [4.78, 5) is 25.1. The fraction of sp³-hybridized carbons (Fsp3) is 0.500. The number of nitrogens with one attached hydrogen (secondary N) is 1. The molecule has 0 unspecified atom stereocenters.